The monoisotopic (exact) mass is 455 g/mol. The summed E-state index contributed by atoms with van der Waals surface area (Å²) in [6.45, 7) is 9.10. The highest BCUT2D eigenvalue weighted by Gasteiger charge is 2.17. The number of carbonyl (C=O) groups is 2. The molecule has 0 aliphatic heterocycles. The number of aromatic nitrogens is 3. The second-order valence-electron chi connectivity index (χ2n) is 8.15. The second kappa shape index (κ2) is 9.95. The summed E-state index contributed by atoms with van der Waals surface area (Å²) in [6.07, 6.45) is 0. The van der Waals surface area contributed by atoms with Crippen molar-refractivity contribution in [1.29, 1.82) is 0 Å². The number of hydrogen-bond acceptors (Lipinski definition) is 5. The van der Waals surface area contributed by atoms with E-state index in [9.17, 15) is 14.0 Å². The van der Waals surface area contributed by atoms with Crippen LogP contribution in [0.1, 0.15) is 43.6 Å². The Bertz CT molecular complexity index is 1110. The number of rotatable bonds is 6. The van der Waals surface area contributed by atoms with Gasteiger partial charge in [0.05, 0.1) is 11.3 Å². The van der Waals surface area contributed by atoms with Crippen molar-refractivity contribution in [2.45, 2.75) is 44.8 Å². The zero-order chi connectivity index (χ0) is 23.3. The molecule has 168 valence electrons. The highest BCUT2D eigenvalue weighted by Crippen LogP contribution is 2.27. The average Bonchev–Trinajstić information content (AvgIpc) is 3.18. The van der Waals surface area contributed by atoms with Crippen LogP contribution in [-0.4, -0.2) is 32.3 Å². The van der Waals surface area contributed by atoms with Crippen molar-refractivity contribution in [1.82, 2.24) is 25.6 Å². The minimum absolute atomic E-state index is 0.0125. The van der Waals surface area contributed by atoms with E-state index in [1.807, 2.05) is 23.6 Å². The van der Waals surface area contributed by atoms with Crippen LogP contribution in [0.3, 0.4) is 0 Å². The van der Waals surface area contributed by atoms with Crippen LogP contribution in [0.25, 0.3) is 11.4 Å². The number of benzene rings is 2. The summed E-state index contributed by atoms with van der Waals surface area (Å²) in [5.74, 6) is -1.09. The van der Waals surface area contributed by atoms with Gasteiger partial charge in [-0.3, -0.25) is 20.4 Å². The summed E-state index contributed by atoms with van der Waals surface area (Å²) < 4.78 is 15.6. The van der Waals surface area contributed by atoms with Crippen molar-refractivity contribution < 1.29 is 14.0 Å². The highest BCUT2D eigenvalue weighted by molar-refractivity contribution is 7.99. The zero-order valence-corrected chi connectivity index (χ0v) is 19.3. The Morgan fingerprint density at radius 1 is 1.03 bits per heavy atom. The largest absolute Gasteiger partial charge is 0.302 e. The molecule has 0 bridgehead atoms. The van der Waals surface area contributed by atoms with Gasteiger partial charge in [0.1, 0.15) is 5.82 Å². The van der Waals surface area contributed by atoms with Gasteiger partial charge in [-0.05, 0) is 30.0 Å². The van der Waals surface area contributed by atoms with E-state index in [4.69, 9.17) is 0 Å². The standard InChI is InChI=1S/C23H26FN5O2S/c1-5-29-20(15-10-12-16(13-11-15)23(2,3)4)26-28-22(29)32-14-19(30)25-27-21(31)17-8-6-7-9-18(17)24/h6-13H,5,14H2,1-4H3,(H,25,30)(H,27,31). The fourth-order valence-electron chi connectivity index (χ4n) is 3.02. The van der Waals surface area contributed by atoms with E-state index < -0.39 is 17.6 Å². The van der Waals surface area contributed by atoms with Crippen LogP contribution >= 0.6 is 11.8 Å². The molecule has 3 rings (SSSR count). The maximum Gasteiger partial charge on any atom is 0.272 e. The van der Waals surface area contributed by atoms with Crippen molar-refractivity contribution in [3.63, 3.8) is 0 Å². The smallest absolute Gasteiger partial charge is 0.272 e. The molecule has 0 atom stereocenters. The molecule has 0 aliphatic carbocycles. The second-order valence-corrected chi connectivity index (χ2v) is 9.09. The van der Waals surface area contributed by atoms with E-state index >= 15 is 0 Å². The van der Waals surface area contributed by atoms with Crippen LogP contribution in [0.2, 0.25) is 0 Å². The Kier molecular flexibility index (Phi) is 7.29. The molecule has 0 aliphatic rings. The van der Waals surface area contributed by atoms with Gasteiger partial charge >= 0.3 is 0 Å². The first-order valence-electron chi connectivity index (χ1n) is 10.2. The van der Waals surface area contributed by atoms with Crippen LogP contribution in [-0.2, 0) is 16.8 Å². The van der Waals surface area contributed by atoms with Crippen LogP contribution in [0, 0.1) is 5.82 Å². The number of hydrazine groups is 1. The zero-order valence-electron chi connectivity index (χ0n) is 18.5. The molecule has 9 heteroatoms. The van der Waals surface area contributed by atoms with Crippen LogP contribution in [0.4, 0.5) is 4.39 Å². The normalized spacial score (nSPS) is 11.3. The molecule has 2 amide bonds. The molecular formula is C23H26FN5O2S. The molecule has 7 nitrogen and oxygen atoms in total. The minimum atomic E-state index is -0.723. The predicted octanol–water partition coefficient (Wildman–Crippen LogP) is 3.95. The quantitative estimate of drug-likeness (QED) is 0.434. The van der Waals surface area contributed by atoms with E-state index in [2.05, 4.69) is 54.0 Å². The number of nitrogens with zero attached hydrogens (tertiary/aromatic N) is 3. The molecule has 0 radical (unpaired) electrons. The Hall–Kier alpha value is -3.20. The van der Waals surface area contributed by atoms with Crippen LogP contribution in [0.15, 0.2) is 53.7 Å². The highest BCUT2D eigenvalue weighted by atomic mass is 32.2. The summed E-state index contributed by atoms with van der Waals surface area (Å²) >= 11 is 1.21. The Morgan fingerprint density at radius 2 is 1.72 bits per heavy atom. The molecule has 1 heterocycles. The van der Waals surface area contributed by atoms with Crippen molar-refractivity contribution in [3.8, 4) is 11.4 Å². The van der Waals surface area contributed by atoms with Gasteiger partial charge in [-0.15, -0.1) is 10.2 Å². The molecule has 0 saturated heterocycles. The molecule has 3 aromatic rings. The minimum Gasteiger partial charge on any atom is -0.302 e. The molecule has 32 heavy (non-hydrogen) atoms. The van der Waals surface area contributed by atoms with Gasteiger partial charge in [0.2, 0.25) is 5.91 Å². The Balaban J connectivity index is 1.61. The number of thioether (sulfide) groups is 1. The van der Waals surface area contributed by atoms with E-state index in [1.54, 1.807) is 6.07 Å². The summed E-state index contributed by atoms with van der Waals surface area (Å²) in [7, 11) is 0. The lowest BCUT2D eigenvalue weighted by Crippen LogP contribution is -2.42. The molecule has 0 fully saturated rings. The van der Waals surface area contributed by atoms with Crippen LogP contribution < -0.4 is 10.9 Å². The summed E-state index contributed by atoms with van der Waals surface area (Å²) in [5, 5.41) is 9.11. The molecule has 0 saturated carbocycles. The van der Waals surface area contributed by atoms with Gasteiger partial charge < -0.3 is 4.57 Å². The van der Waals surface area contributed by atoms with E-state index in [1.165, 1.54) is 35.5 Å². The van der Waals surface area contributed by atoms with Crippen LogP contribution in [0.5, 0.6) is 0 Å². The van der Waals surface area contributed by atoms with Crippen molar-refractivity contribution in [2.24, 2.45) is 0 Å². The fraction of sp³-hybridized carbons (Fsp3) is 0.304. The first-order chi connectivity index (χ1) is 15.2. The molecular weight excluding hydrogens is 429 g/mol. The molecule has 2 N–H and O–H groups in total. The predicted molar refractivity (Wildman–Crippen MR) is 123 cm³/mol. The van der Waals surface area contributed by atoms with Gasteiger partial charge in [0.15, 0.2) is 11.0 Å². The first kappa shape index (κ1) is 23.5. The molecule has 1 aromatic heterocycles. The lowest BCUT2D eigenvalue weighted by Gasteiger charge is -2.19. The third-order valence-corrected chi connectivity index (χ3v) is 5.78. The van der Waals surface area contributed by atoms with E-state index in [-0.39, 0.29) is 16.7 Å². The lowest BCUT2D eigenvalue weighted by atomic mass is 9.87. The third kappa shape index (κ3) is 5.53. The third-order valence-electron chi connectivity index (χ3n) is 4.81. The Morgan fingerprint density at radius 3 is 2.34 bits per heavy atom. The summed E-state index contributed by atoms with van der Waals surface area (Å²) in [4.78, 5) is 24.1. The number of hydrogen-bond donors (Lipinski definition) is 2. The van der Waals surface area contributed by atoms with Crippen molar-refractivity contribution >= 4 is 23.6 Å². The van der Waals surface area contributed by atoms with Gasteiger partial charge in [0, 0.05) is 12.1 Å². The topological polar surface area (TPSA) is 88.9 Å². The number of carbonyl (C=O) groups excluding carboxylic acids is 2. The number of halogens is 1. The maximum absolute atomic E-state index is 13.6. The fourth-order valence-corrected chi connectivity index (χ4v) is 3.82. The van der Waals surface area contributed by atoms with Gasteiger partial charge in [-0.25, -0.2) is 4.39 Å². The van der Waals surface area contributed by atoms with Gasteiger partial charge in [-0.2, -0.15) is 0 Å². The maximum atomic E-state index is 13.6. The van der Waals surface area contributed by atoms with Crippen molar-refractivity contribution in [3.05, 3.63) is 65.5 Å². The summed E-state index contributed by atoms with van der Waals surface area (Å²) in [6, 6.07) is 13.8. The molecule has 0 unspecified atom stereocenters. The van der Waals surface area contributed by atoms with E-state index in [0.717, 1.165) is 11.4 Å². The van der Waals surface area contributed by atoms with Gasteiger partial charge in [-0.1, -0.05) is 68.9 Å². The van der Waals surface area contributed by atoms with Crippen molar-refractivity contribution in [2.75, 3.05) is 5.75 Å². The average molecular weight is 456 g/mol. The van der Waals surface area contributed by atoms with Gasteiger partial charge in [0.25, 0.3) is 5.91 Å². The number of nitrogens with one attached hydrogen (secondary N) is 2. The summed E-state index contributed by atoms with van der Waals surface area (Å²) in [5.41, 5.74) is 6.60. The molecule has 0 spiro atoms. The SMILES string of the molecule is CCn1c(SCC(=O)NNC(=O)c2ccccc2F)nnc1-c1ccc(C(C)(C)C)cc1. The lowest BCUT2D eigenvalue weighted by molar-refractivity contribution is -0.119. The molecule has 2 aromatic carbocycles. The number of amides is 2. The Labute approximate surface area is 190 Å². The first-order valence-corrected chi connectivity index (χ1v) is 11.2. The van der Waals surface area contributed by atoms with E-state index in [0.29, 0.717) is 11.7 Å².